The molecule has 0 saturated heterocycles. The monoisotopic (exact) mass is 253 g/mol. The van der Waals surface area contributed by atoms with E-state index in [1.54, 1.807) is 7.11 Å². The number of rotatable bonds is 8. The Kier molecular flexibility index (Phi) is 6.36. The summed E-state index contributed by atoms with van der Waals surface area (Å²) in [6, 6.07) is 2.08. The van der Waals surface area contributed by atoms with E-state index in [9.17, 15) is 0 Å². The van der Waals surface area contributed by atoms with E-state index in [4.69, 9.17) is 4.74 Å². The molecule has 1 aromatic rings. The van der Waals surface area contributed by atoms with Gasteiger partial charge in [-0.2, -0.15) is 5.10 Å². The summed E-state index contributed by atoms with van der Waals surface area (Å²) in [6.45, 7) is 10.3. The summed E-state index contributed by atoms with van der Waals surface area (Å²) in [4.78, 5) is 0. The van der Waals surface area contributed by atoms with Crippen LogP contribution in [0.4, 0.5) is 0 Å². The summed E-state index contributed by atoms with van der Waals surface area (Å²) in [5.41, 5.74) is 1.66. The Morgan fingerprint density at radius 1 is 1.39 bits per heavy atom. The molecule has 0 amide bonds. The van der Waals surface area contributed by atoms with E-state index < -0.39 is 0 Å². The van der Waals surface area contributed by atoms with Crippen molar-refractivity contribution in [2.75, 3.05) is 20.3 Å². The van der Waals surface area contributed by atoms with Crippen LogP contribution in [0.25, 0.3) is 0 Å². The zero-order valence-corrected chi connectivity index (χ0v) is 12.2. The minimum Gasteiger partial charge on any atom is -0.383 e. The molecule has 0 aliphatic heterocycles. The number of hydrogen-bond acceptors (Lipinski definition) is 3. The number of hydrogen-bond donors (Lipinski definition) is 1. The Hall–Kier alpha value is -0.870. The van der Waals surface area contributed by atoms with Gasteiger partial charge in [0.1, 0.15) is 0 Å². The molecule has 0 spiro atoms. The number of aryl methyl sites for hydroxylation is 1. The van der Waals surface area contributed by atoms with Crippen molar-refractivity contribution in [2.24, 2.45) is 5.41 Å². The van der Waals surface area contributed by atoms with Crippen molar-refractivity contribution < 1.29 is 4.74 Å². The molecule has 0 atom stereocenters. The molecule has 1 N–H and O–H groups in total. The van der Waals surface area contributed by atoms with E-state index in [2.05, 4.69) is 41.9 Å². The van der Waals surface area contributed by atoms with Crippen molar-refractivity contribution in [3.8, 4) is 0 Å². The van der Waals surface area contributed by atoms with Crippen LogP contribution in [0, 0.1) is 5.41 Å². The summed E-state index contributed by atoms with van der Waals surface area (Å²) in [7, 11) is 1.72. The third-order valence-electron chi connectivity index (χ3n) is 2.89. The largest absolute Gasteiger partial charge is 0.383 e. The molecule has 0 bridgehead atoms. The molecule has 0 radical (unpaired) electrons. The number of nitrogens with zero attached hydrogens (tertiary/aromatic N) is 2. The van der Waals surface area contributed by atoms with E-state index in [1.165, 1.54) is 18.5 Å². The average Bonchev–Trinajstić information content (AvgIpc) is 2.71. The third kappa shape index (κ3) is 6.17. The average molecular weight is 253 g/mol. The molecule has 104 valence electrons. The fraction of sp³-hybridized carbons (Fsp3) is 0.786. The second kappa shape index (κ2) is 7.54. The lowest BCUT2D eigenvalue weighted by atomic mass is 9.91. The van der Waals surface area contributed by atoms with Crippen LogP contribution in [0.15, 0.2) is 12.3 Å². The lowest BCUT2D eigenvalue weighted by Gasteiger charge is -2.18. The van der Waals surface area contributed by atoms with Gasteiger partial charge in [-0.1, -0.05) is 20.8 Å². The highest BCUT2D eigenvalue weighted by molar-refractivity contribution is 4.99. The second-order valence-electron chi connectivity index (χ2n) is 5.88. The molecular weight excluding hydrogens is 226 g/mol. The highest BCUT2D eigenvalue weighted by Crippen LogP contribution is 2.20. The molecule has 1 rings (SSSR count). The van der Waals surface area contributed by atoms with Gasteiger partial charge in [0.2, 0.25) is 0 Å². The quantitative estimate of drug-likeness (QED) is 0.723. The molecule has 1 heterocycles. The SMILES string of the molecule is COCCNCc1ccnn1CCCC(C)(C)C. The standard InChI is InChI=1S/C14H27N3O/c1-14(2,3)7-5-10-17-13(6-8-16-17)12-15-9-11-18-4/h6,8,15H,5,7,9-12H2,1-4H3. The first kappa shape index (κ1) is 15.2. The molecule has 1 aromatic heterocycles. The van der Waals surface area contributed by atoms with Crippen LogP contribution < -0.4 is 5.32 Å². The van der Waals surface area contributed by atoms with Crippen LogP contribution in [0.3, 0.4) is 0 Å². The van der Waals surface area contributed by atoms with E-state index in [1.807, 2.05) is 6.20 Å². The fourth-order valence-electron chi connectivity index (χ4n) is 1.86. The first-order valence-corrected chi connectivity index (χ1v) is 6.73. The molecule has 0 saturated carbocycles. The molecule has 0 aliphatic carbocycles. The van der Waals surface area contributed by atoms with Gasteiger partial charge in [-0.15, -0.1) is 0 Å². The van der Waals surface area contributed by atoms with Gasteiger partial charge >= 0.3 is 0 Å². The summed E-state index contributed by atoms with van der Waals surface area (Å²) in [5, 5.41) is 7.73. The first-order chi connectivity index (χ1) is 8.53. The van der Waals surface area contributed by atoms with Crippen molar-refractivity contribution in [1.29, 1.82) is 0 Å². The predicted molar refractivity (Wildman–Crippen MR) is 74.5 cm³/mol. The van der Waals surface area contributed by atoms with Gasteiger partial charge in [-0.3, -0.25) is 4.68 Å². The van der Waals surface area contributed by atoms with Crippen LogP contribution in [-0.2, 0) is 17.8 Å². The van der Waals surface area contributed by atoms with Gasteiger partial charge in [-0.25, -0.2) is 0 Å². The van der Waals surface area contributed by atoms with Crippen LogP contribution in [-0.4, -0.2) is 30.0 Å². The topological polar surface area (TPSA) is 39.1 Å². The molecule has 4 nitrogen and oxygen atoms in total. The molecule has 0 fully saturated rings. The minimum atomic E-state index is 0.407. The van der Waals surface area contributed by atoms with E-state index >= 15 is 0 Å². The number of aromatic nitrogens is 2. The Bertz CT molecular complexity index is 328. The Labute approximate surface area is 111 Å². The smallest absolute Gasteiger partial charge is 0.0587 e. The first-order valence-electron chi connectivity index (χ1n) is 6.73. The highest BCUT2D eigenvalue weighted by atomic mass is 16.5. The highest BCUT2D eigenvalue weighted by Gasteiger charge is 2.10. The Balaban J connectivity index is 2.31. The van der Waals surface area contributed by atoms with Gasteiger partial charge in [0.25, 0.3) is 0 Å². The Morgan fingerprint density at radius 3 is 2.83 bits per heavy atom. The van der Waals surface area contributed by atoms with Gasteiger partial charge in [0, 0.05) is 32.9 Å². The lowest BCUT2D eigenvalue weighted by Crippen LogP contribution is -2.21. The molecule has 0 aromatic carbocycles. The van der Waals surface area contributed by atoms with E-state index in [-0.39, 0.29) is 0 Å². The van der Waals surface area contributed by atoms with Gasteiger partial charge in [0.05, 0.1) is 12.3 Å². The second-order valence-corrected chi connectivity index (χ2v) is 5.88. The zero-order valence-electron chi connectivity index (χ0n) is 12.2. The maximum absolute atomic E-state index is 5.01. The normalized spacial score (nSPS) is 12.0. The van der Waals surface area contributed by atoms with Crippen LogP contribution in [0.1, 0.15) is 39.3 Å². The van der Waals surface area contributed by atoms with Crippen LogP contribution in [0.5, 0.6) is 0 Å². The molecule has 0 aliphatic rings. The van der Waals surface area contributed by atoms with Crippen LogP contribution >= 0.6 is 0 Å². The fourth-order valence-corrected chi connectivity index (χ4v) is 1.86. The van der Waals surface area contributed by atoms with E-state index in [0.717, 1.165) is 26.2 Å². The van der Waals surface area contributed by atoms with Crippen molar-refractivity contribution in [3.63, 3.8) is 0 Å². The van der Waals surface area contributed by atoms with Crippen LogP contribution in [0.2, 0.25) is 0 Å². The summed E-state index contributed by atoms with van der Waals surface area (Å²) in [6.07, 6.45) is 4.28. The summed E-state index contributed by atoms with van der Waals surface area (Å²) in [5.74, 6) is 0. The molecule has 0 unspecified atom stereocenters. The zero-order chi connectivity index (χ0) is 13.4. The maximum atomic E-state index is 5.01. The Morgan fingerprint density at radius 2 is 2.17 bits per heavy atom. The molecule has 18 heavy (non-hydrogen) atoms. The molecule has 4 heteroatoms. The van der Waals surface area contributed by atoms with Gasteiger partial charge < -0.3 is 10.1 Å². The van der Waals surface area contributed by atoms with Gasteiger partial charge in [-0.05, 0) is 24.3 Å². The minimum absolute atomic E-state index is 0.407. The lowest BCUT2D eigenvalue weighted by molar-refractivity contribution is 0.199. The van der Waals surface area contributed by atoms with Crippen molar-refractivity contribution >= 4 is 0 Å². The number of methoxy groups -OCH3 is 1. The van der Waals surface area contributed by atoms with Crippen molar-refractivity contribution in [3.05, 3.63) is 18.0 Å². The van der Waals surface area contributed by atoms with Crippen molar-refractivity contribution in [1.82, 2.24) is 15.1 Å². The van der Waals surface area contributed by atoms with Crippen molar-refractivity contribution in [2.45, 2.75) is 46.7 Å². The summed E-state index contributed by atoms with van der Waals surface area (Å²) >= 11 is 0. The maximum Gasteiger partial charge on any atom is 0.0587 e. The molecular formula is C14H27N3O. The van der Waals surface area contributed by atoms with Gasteiger partial charge in [0.15, 0.2) is 0 Å². The number of nitrogens with one attached hydrogen (secondary N) is 1. The van der Waals surface area contributed by atoms with E-state index in [0.29, 0.717) is 5.41 Å². The third-order valence-corrected chi connectivity index (χ3v) is 2.89. The predicted octanol–water partition coefficient (Wildman–Crippen LogP) is 2.45. The summed E-state index contributed by atoms with van der Waals surface area (Å²) < 4.78 is 7.11. The number of ether oxygens (including phenoxy) is 1.